The van der Waals surface area contributed by atoms with Crippen molar-refractivity contribution in [2.75, 3.05) is 39.3 Å². The van der Waals surface area contributed by atoms with Crippen molar-refractivity contribution in [1.82, 2.24) is 15.5 Å². The van der Waals surface area contributed by atoms with Crippen LogP contribution in [0.4, 0.5) is 0 Å². The van der Waals surface area contributed by atoms with E-state index in [4.69, 9.17) is 4.99 Å². The minimum atomic E-state index is 0. The summed E-state index contributed by atoms with van der Waals surface area (Å²) in [6, 6.07) is 0.481. The molecule has 1 saturated heterocycles. The van der Waals surface area contributed by atoms with Gasteiger partial charge in [0, 0.05) is 45.4 Å². The largest absolute Gasteiger partial charge is 0.396 e. The smallest absolute Gasteiger partial charge is 0.191 e. The summed E-state index contributed by atoms with van der Waals surface area (Å²) in [6.07, 6.45) is 5.20. The van der Waals surface area contributed by atoms with Gasteiger partial charge in [-0.15, -0.1) is 24.0 Å². The van der Waals surface area contributed by atoms with E-state index in [2.05, 4.69) is 49.8 Å². The van der Waals surface area contributed by atoms with Gasteiger partial charge in [-0.3, -0.25) is 9.89 Å². The number of rotatable bonds is 10. The molecule has 1 fully saturated rings. The summed E-state index contributed by atoms with van der Waals surface area (Å²) < 4.78 is 0. The summed E-state index contributed by atoms with van der Waals surface area (Å²) >= 11 is 0. The van der Waals surface area contributed by atoms with Gasteiger partial charge in [0.05, 0.1) is 0 Å². The normalized spacial score (nSPS) is 16.9. The van der Waals surface area contributed by atoms with Gasteiger partial charge in [0.1, 0.15) is 0 Å². The van der Waals surface area contributed by atoms with Gasteiger partial charge in [0.15, 0.2) is 5.96 Å². The first-order chi connectivity index (χ1) is 12.0. The standard InChI is InChI=1S/C20H40N4O.HI/c1-6-20(7-2,11-14-25)16-22-19(21-8-3)23-18-9-12-24(13-10-18)15-17(4)5;/h18,25H,4,6-16H2,1-3,5H3,(H2,21,22,23);1H. The average Bonchev–Trinajstić information content (AvgIpc) is 2.60. The van der Waals surface area contributed by atoms with Crippen molar-refractivity contribution in [1.29, 1.82) is 0 Å². The second kappa shape index (κ2) is 13.8. The Balaban J connectivity index is 0.00000625. The Bertz CT molecular complexity index is 416. The maximum Gasteiger partial charge on any atom is 0.191 e. The molecule has 3 N–H and O–H groups in total. The minimum absolute atomic E-state index is 0. The zero-order valence-electron chi connectivity index (χ0n) is 17.3. The first kappa shape index (κ1) is 25.7. The molecule has 154 valence electrons. The molecular weight excluding hydrogens is 439 g/mol. The van der Waals surface area contributed by atoms with Crippen molar-refractivity contribution in [3.05, 3.63) is 12.2 Å². The van der Waals surface area contributed by atoms with Crippen LogP contribution in [-0.2, 0) is 0 Å². The van der Waals surface area contributed by atoms with E-state index in [0.29, 0.717) is 6.04 Å². The van der Waals surface area contributed by atoms with Gasteiger partial charge in [-0.25, -0.2) is 0 Å². The molecule has 0 radical (unpaired) electrons. The fraction of sp³-hybridized carbons (Fsp3) is 0.850. The third kappa shape index (κ3) is 9.04. The quantitative estimate of drug-likeness (QED) is 0.194. The van der Waals surface area contributed by atoms with Gasteiger partial charge in [-0.05, 0) is 51.4 Å². The molecule has 1 rings (SSSR count). The second-order valence-corrected chi connectivity index (χ2v) is 7.53. The Hall–Kier alpha value is -0.340. The lowest BCUT2D eigenvalue weighted by atomic mass is 9.79. The Morgan fingerprint density at radius 3 is 2.31 bits per heavy atom. The van der Waals surface area contributed by atoms with Crippen molar-refractivity contribution < 1.29 is 5.11 Å². The zero-order chi connectivity index (χ0) is 18.7. The number of likely N-dealkylation sites (tertiary alicyclic amines) is 1. The van der Waals surface area contributed by atoms with Gasteiger partial charge in [0.2, 0.25) is 0 Å². The number of aliphatic imine (C=N–C) groups is 1. The summed E-state index contributed by atoms with van der Waals surface area (Å²) in [5.41, 5.74) is 1.35. The van der Waals surface area contributed by atoms with Crippen LogP contribution in [0.3, 0.4) is 0 Å². The fourth-order valence-electron chi connectivity index (χ4n) is 3.52. The molecule has 0 aliphatic carbocycles. The van der Waals surface area contributed by atoms with Gasteiger partial charge in [0.25, 0.3) is 0 Å². The van der Waals surface area contributed by atoms with Gasteiger partial charge >= 0.3 is 0 Å². The number of guanidine groups is 1. The third-order valence-electron chi connectivity index (χ3n) is 5.48. The molecule has 0 spiro atoms. The van der Waals surface area contributed by atoms with Crippen LogP contribution in [0.1, 0.15) is 59.8 Å². The van der Waals surface area contributed by atoms with E-state index in [1.165, 1.54) is 5.57 Å². The van der Waals surface area contributed by atoms with E-state index in [1.54, 1.807) is 0 Å². The van der Waals surface area contributed by atoms with Crippen molar-refractivity contribution >= 4 is 29.9 Å². The van der Waals surface area contributed by atoms with Gasteiger partial charge in [-0.2, -0.15) is 0 Å². The SMILES string of the molecule is C=C(C)CN1CCC(NC(=NCC(CC)(CC)CCO)NCC)CC1.I. The van der Waals surface area contributed by atoms with Crippen LogP contribution in [0, 0.1) is 5.41 Å². The van der Waals surface area contributed by atoms with E-state index in [-0.39, 0.29) is 36.0 Å². The lowest BCUT2D eigenvalue weighted by Gasteiger charge is -2.34. The summed E-state index contributed by atoms with van der Waals surface area (Å²) in [5, 5.41) is 16.4. The Labute approximate surface area is 178 Å². The van der Waals surface area contributed by atoms with Crippen molar-refractivity contribution in [3.63, 3.8) is 0 Å². The number of aliphatic hydroxyl groups is 1. The molecule has 0 aromatic heterocycles. The second-order valence-electron chi connectivity index (χ2n) is 7.53. The Morgan fingerprint density at radius 2 is 1.85 bits per heavy atom. The van der Waals surface area contributed by atoms with Gasteiger partial charge in [-0.1, -0.05) is 26.0 Å². The fourth-order valence-corrected chi connectivity index (χ4v) is 3.52. The van der Waals surface area contributed by atoms with Crippen LogP contribution >= 0.6 is 24.0 Å². The first-order valence-electron chi connectivity index (χ1n) is 10.0. The lowest BCUT2D eigenvalue weighted by Crippen LogP contribution is -2.49. The molecular formula is C20H41IN4O. The summed E-state index contributed by atoms with van der Waals surface area (Å²) in [5.74, 6) is 0.921. The van der Waals surface area contributed by atoms with Gasteiger partial charge < -0.3 is 15.7 Å². The highest BCUT2D eigenvalue weighted by atomic mass is 127. The minimum Gasteiger partial charge on any atom is -0.396 e. The van der Waals surface area contributed by atoms with E-state index in [9.17, 15) is 5.11 Å². The number of aliphatic hydroxyl groups excluding tert-OH is 1. The van der Waals surface area contributed by atoms with Crippen LogP contribution in [0.25, 0.3) is 0 Å². The number of hydrogen-bond donors (Lipinski definition) is 3. The van der Waals surface area contributed by atoms with Crippen LogP contribution < -0.4 is 10.6 Å². The van der Waals surface area contributed by atoms with Crippen LogP contribution in [0.15, 0.2) is 17.1 Å². The maximum atomic E-state index is 9.39. The molecule has 1 aliphatic rings. The van der Waals surface area contributed by atoms with E-state index >= 15 is 0 Å². The molecule has 1 aliphatic heterocycles. The molecule has 0 atom stereocenters. The van der Waals surface area contributed by atoms with Crippen LogP contribution in [0.2, 0.25) is 0 Å². The summed E-state index contributed by atoms with van der Waals surface area (Å²) in [4.78, 5) is 7.34. The van der Waals surface area contributed by atoms with Crippen LogP contribution in [0.5, 0.6) is 0 Å². The first-order valence-corrected chi connectivity index (χ1v) is 10.0. The van der Waals surface area contributed by atoms with E-state index in [0.717, 1.165) is 70.8 Å². The topological polar surface area (TPSA) is 59.9 Å². The van der Waals surface area contributed by atoms with Crippen molar-refractivity contribution in [2.45, 2.75) is 65.8 Å². The maximum absolute atomic E-state index is 9.39. The Kier molecular flexibility index (Phi) is 13.6. The summed E-state index contributed by atoms with van der Waals surface area (Å²) in [6.45, 7) is 17.7. The average molecular weight is 480 g/mol. The molecule has 0 amide bonds. The molecule has 6 heteroatoms. The molecule has 1 heterocycles. The highest BCUT2D eigenvalue weighted by Crippen LogP contribution is 2.30. The van der Waals surface area contributed by atoms with E-state index < -0.39 is 0 Å². The highest BCUT2D eigenvalue weighted by Gasteiger charge is 2.26. The number of halogens is 1. The molecule has 26 heavy (non-hydrogen) atoms. The predicted molar refractivity (Wildman–Crippen MR) is 124 cm³/mol. The predicted octanol–water partition coefficient (Wildman–Crippen LogP) is 3.39. The van der Waals surface area contributed by atoms with Crippen LogP contribution in [-0.4, -0.2) is 61.3 Å². The Morgan fingerprint density at radius 1 is 1.23 bits per heavy atom. The molecule has 0 aromatic carbocycles. The monoisotopic (exact) mass is 480 g/mol. The molecule has 0 bridgehead atoms. The highest BCUT2D eigenvalue weighted by molar-refractivity contribution is 14.0. The number of nitrogens with zero attached hydrogens (tertiary/aromatic N) is 2. The number of piperidine rings is 1. The zero-order valence-corrected chi connectivity index (χ0v) is 19.6. The molecule has 0 unspecified atom stereocenters. The lowest BCUT2D eigenvalue weighted by molar-refractivity contribution is 0.175. The van der Waals surface area contributed by atoms with E-state index in [1.807, 2.05) is 0 Å². The molecule has 0 saturated carbocycles. The number of nitrogens with one attached hydrogen (secondary N) is 2. The number of hydrogen-bond acceptors (Lipinski definition) is 3. The molecule has 0 aromatic rings. The third-order valence-corrected chi connectivity index (χ3v) is 5.48. The van der Waals surface area contributed by atoms with Crippen molar-refractivity contribution in [3.8, 4) is 0 Å². The summed E-state index contributed by atoms with van der Waals surface area (Å²) in [7, 11) is 0. The molecule has 5 nitrogen and oxygen atoms in total. The van der Waals surface area contributed by atoms with Crippen molar-refractivity contribution in [2.24, 2.45) is 10.4 Å².